The Hall–Kier alpha value is -2.54. The van der Waals surface area contributed by atoms with Gasteiger partial charge in [0.05, 0.1) is 11.6 Å². The van der Waals surface area contributed by atoms with Gasteiger partial charge < -0.3 is 10.3 Å². The lowest BCUT2D eigenvalue weighted by molar-refractivity contribution is -0.124. The van der Waals surface area contributed by atoms with E-state index in [1.54, 1.807) is 10.6 Å². The van der Waals surface area contributed by atoms with Gasteiger partial charge in [0, 0.05) is 47.4 Å². The maximum atomic E-state index is 12.7. The van der Waals surface area contributed by atoms with Gasteiger partial charge >= 0.3 is 0 Å². The minimum atomic E-state index is -0.226. The minimum Gasteiger partial charge on any atom is -0.361 e. The van der Waals surface area contributed by atoms with Crippen molar-refractivity contribution in [3.8, 4) is 0 Å². The normalized spacial score (nSPS) is 16.6. The van der Waals surface area contributed by atoms with Crippen molar-refractivity contribution >= 4 is 28.6 Å². The summed E-state index contributed by atoms with van der Waals surface area (Å²) in [6.45, 7) is 7.10. The number of nitrogens with one attached hydrogen (secondary N) is 2. The number of para-hydroxylation sites is 1. The first-order valence-corrected chi connectivity index (χ1v) is 10.9. The van der Waals surface area contributed by atoms with E-state index in [-0.39, 0.29) is 22.8 Å². The molecule has 0 fully saturated rings. The maximum absolute atomic E-state index is 12.7. The standard InChI is InChI=1S/C22H26N4O2S/c1-22(2,3)18-10-19(27)26-12-15(13-29-21(26)25-18)20(28)23-9-8-14-11-24-17-7-5-4-6-16(14)17/h4-7,10-11,15,24H,8-9,12-13H2,1-3H3,(H,23,28). The van der Waals surface area contributed by atoms with Crippen molar-refractivity contribution in [1.29, 1.82) is 0 Å². The van der Waals surface area contributed by atoms with E-state index in [9.17, 15) is 9.59 Å². The van der Waals surface area contributed by atoms with Gasteiger partial charge in [0.25, 0.3) is 5.56 Å². The highest BCUT2D eigenvalue weighted by molar-refractivity contribution is 7.99. The van der Waals surface area contributed by atoms with Gasteiger partial charge in [-0.05, 0) is 18.1 Å². The summed E-state index contributed by atoms with van der Waals surface area (Å²) in [4.78, 5) is 33.2. The number of amides is 1. The van der Waals surface area contributed by atoms with Crippen LogP contribution in [0.5, 0.6) is 0 Å². The van der Waals surface area contributed by atoms with Crippen LogP contribution >= 0.6 is 11.8 Å². The molecule has 0 radical (unpaired) electrons. The monoisotopic (exact) mass is 410 g/mol. The zero-order valence-corrected chi connectivity index (χ0v) is 17.8. The highest BCUT2D eigenvalue weighted by Crippen LogP contribution is 2.28. The van der Waals surface area contributed by atoms with Gasteiger partial charge in [-0.1, -0.05) is 50.7 Å². The molecule has 1 amide bonds. The molecule has 4 rings (SSSR count). The Kier molecular flexibility index (Phi) is 5.25. The van der Waals surface area contributed by atoms with Crippen LogP contribution < -0.4 is 10.9 Å². The van der Waals surface area contributed by atoms with Gasteiger partial charge in [-0.25, -0.2) is 4.98 Å². The van der Waals surface area contributed by atoms with Gasteiger partial charge in [-0.2, -0.15) is 0 Å². The van der Waals surface area contributed by atoms with E-state index >= 15 is 0 Å². The largest absolute Gasteiger partial charge is 0.361 e. The Balaban J connectivity index is 1.39. The van der Waals surface area contributed by atoms with E-state index < -0.39 is 0 Å². The molecule has 2 N–H and O–H groups in total. The Labute approximate surface area is 174 Å². The number of aromatic nitrogens is 3. The third-order valence-corrected chi connectivity index (χ3v) is 6.44. The molecule has 6 nitrogen and oxygen atoms in total. The topological polar surface area (TPSA) is 79.8 Å². The second-order valence-corrected chi connectivity index (χ2v) is 9.52. The SMILES string of the molecule is CC(C)(C)c1cc(=O)n2c(n1)SCC(C(=O)NCCc1c[nH]c3ccccc13)C2. The van der Waals surface area contributed by atoms with Crippen molar-refractivity contribution < 1.29 is 4.79 Å². The molecule has 0 saturated carbocycles. The molecule has 7 heteroatoms. The zero-order valence-electron chi connectivity index (χ0n) is 17.0. The molecule has 0 spiro atoms. The van der Waals surface area contributed by atoms with Gasteiger partial charge in [0.1, 0.15) is 0 Å². The fourth-order valence-corrected chi connectivity index (χ4v) is 4.65. The molecule has 1 atom stereocenters. The molecule has 0 saturated heterocycles. The first-order chi connectivity index (χ1) is 13.8. The van der Waals surface area contributed by atoms with E-state index in [1.165, 1.54) is 22.7 Å². The summed E-state index contributed by atoms with van der Waals surface area (Å²) in [5.74, 6) is 0.407. The van der Waals surface area contributed by atoms with Crippen molar-refractivity contribution in [2.75, 3.05) is 12.3 Å². The number of fused-ring (bicyclic) bond motifs is 2. The minimum absolute atomic E-state index is 0.00482. The van der Waals surface area contributed by atoms with E-state index in [4.69, 9.17) is 0 Å². The fraction of sp³-hybridized carbons (Fsp3) is 0.409. The fourth-order valence-electron chi connectivity index (χ4n) is 3.56. The second kappa shape index (κ2) is 7.71. The van der Waals surface area contributed by atoms with Crippen molar-refractivity contribution in [3.63, 3.8) is 0 Å². The molecule has 3 aromatic rings. The molecule has 152 valence electrons. The van der Waals surface area contributed by atoms with Crippen LogP contribution in [-0.2, 0) is 23.2 Å². The molecule has 29 heavy (non-hydrogen) atoms. The number of hydrogen-bond acceptors (Lipinski definition) is 4. The first kappa shape index (κ1) is 19.8. The lowest BCUT2D eigenvalue weighted by Crippen LogP contribution is -2.41. The summed E-state index contributed by atoms with van der Waals surface area (Å²) in [5.41, 5.74) is 2.84. The first-order valence-electron chi connectivity index (χ1n) is 9.91. The third-order valence-electron chi connectivity index (χ3n) is 5.30. The molecule has 0 bridgehead atoms. The molecule has 1 unspecified atom stereocenters. The number of aromatic amines is 1. The maximum Gasteiger partial charge on any atom is 0.254 e. The van der Waals surface area contributed by atoms with Crippen LogP contribution in [0, 0.1) is 5.92 Å². The Morgan fingerprint density at radius 1 is 1.34 bits per heavy atom. The number of carbonyl (C=O) groups is 1. The van der Waals surface area contributed by atoms with Crippen LogP contribution in [0.4, 0.5) is 0 Å². The summed E-state index contributed by atoms with van der Waals surface area (Å²) in [6.07, 6.45) is 2.77. The highest BCUT2D eigenvalue weighted by atomic mass is 32.2. The van der Waals surface area contributed by atoms with Gasteiger partial charge in [0.2, 0.25) is 5.91 Å². The zero-order chi connectivity index (χ0) is 20.6. The van der Waals surface area contributed by atoms with E-state index in [0.717, 1.165) is 17.6 Å². The number of benzene rings is 1. The average Bonchev–Trinajstić information content (AvgIpc) is 3.10. The molecule has 3 heterocycles. The van der Waals surface area contributed by atoms with Crippen LogP contribution in [0.1, 0.15) is 32.0 Å². The third kappa shape index (κ3) is 4.10. The lowest BCUT2D eigenvalue weighted by atomic mass is 9.92. The smallest absolute Gasteiger partial charge is 0.254 e. The summed E-state index contributed by atoms with van der Waals surface area (Å²) in [7, 11) is 0. The number of thioether (sulfide) groups is 1. The predicted octanol–water partition coefficient (Wildman–Crippen LogP) is 3.10. The lowest BCUT2D eigenvalue weighted by Gasteiger charge is -2.26. The molecule has 1 aromatic carbocycles. The summed E-state index contributed by atoms with van der Waals surface area (Å²) in [5, 5.41) is 4.94. The van der Waals surface area contributed by atoms with E-state index in [1.807, 2.05) is 45.2 Å². The van der Waals surface area contributed by atoms with Crippen LogP contribution in [0.3, 0.4) is 0 Å². The van der Waals surface area contributed by atoms with Gasteiger partial charge in [-0.15, -0.1) is 0 Å². The van der Waals surface area contributed by atoms with Crippen LogP contribution in [0.25, 0.3) is 10.9 Å². The summed E-state index contributed by atoms with van der Waals surface area (Å²) in [6, 6.07) is 9.76. The Morgan fingerprint density at radius 3 is 2.93 bits per heavy atom. The van der Waals surface area contributed by atoms with E-state index in [0.29, 0.717) is 24.0 Å². The molecule has 1 aliphatic rings. The van der Waals surface area contributed by atoms with Crippen molar-refractivity contribution in [2.24, 2.45) is 5.92 Å². The van der Waals surface area contributed by atoms with Crippen molar-refractivity contribution in [1.82, 2.24) is 19.9 Å². The van der Waals surface area contributed by atoms with E-state index in [2.05, 4.69) is 21.4 Å². The van der Waals surface area contributed by atoms with Crippen molar-refractivity contribution in [2.45, 2.75) is 44.3 Å². The van der Waals surface area contributed by atoms with Gasteiger partial charge in [0.15, 0.2) is 5.16 Å². The number of hydrogen-bond donors (Lipinski definition) is 2. The summed E-state index contributed by atoms with van der Waals surface area (Å²) >= 11 is 1.49. The average molecular weight is 411 g/mol. The molecule has 2 aromatic heterocycles. The number of carbonyl (C=O) groups excluding carboxylic acids is 1. The summed E-state index contributed by atoms with van der Waals surface area (Å²) < 4.78 is 1.63. The second-order valence-electron chi connectivity index (χ2n) is 8.53. The number of H-pyrrole nitrogens is 1. The van der Waals surface area contributed by atoms with Crippen LogP contribution in [0.2, 0.25) is 0 Å². The predicted molar refractivity (Wildman–Crippen MR) is 116 cm³/mol. The number of nitrogens with zero attached hydrogens (tertiary/aromatic N) is 2. The van der Waals surface area contributed by atoms with Gasteiger partial charge in [-0.3, -0.25) is 14.2 Å². The number of rotatable bonds is 4. The van der Waals surface area contributed by atoms with Crippen molar-refractivity contribution in [3.05, 3.63) is 58.1 Å². The van der Waals surface area contributed by atoms with Crippen LogP contribution in [0.15, 0.2) is 46.5 Å². The molecular formula is C22H26N4O2S. The molecule has 1 aliphatic heterocycles. The molecular weight excluding hydrogens is 384 g/mol. The quantitative estimate of drug-likeness (QED) is 0.648. The Morgan fingerprint density at radius 2 is 2.14 bits per heavy atom. The highest BCUT2D eigenvalue weighted by Gasteiger charge is 2.28. The van der Waals surface area contributed by atoms with Crippen LogP contribution in [-0.4, -0.2) is 32.7 Å². The Bertz CT molecular complexity index is 1110. The molecule has 0 aliphatic carbocycles.